The van der Waals surface area contributed by atoms with Crippen LogP contribution in [0.4, 0.5) is 0 Å². The zero-order chi connectivity index (χ0) is 22.9. The van der Waals surface area contributed by atoms with E-state index in [4.69, 9.17) is 4.74 Å². The molecule has 0 aromatic rings. The first-order valence-corrected chi connectivity index (χ1v) is 12.1. The Morgan fingerprint density at radius 1 is 1.06 bits per heavy atom. The third-order valence-electron chi connectivity index (χ3n) is 7.46. The number of carbonyl (C=O) groups excluding carboxylic acids is 3. The number of fused-ring (bicyclic) bond motifs is 1. The summed E-state index contributed by atoms with van der Waals surface area (Å²) in [6.07, 6.45) is 11.9. The van der Waals surface area contributed by atoms with Crippen molar-refractivity contribution in [3.05, 3.63) is 23.8 Å². The highest BCUT2D eigenvalue weighted by Crippen LogP contribution is 2.46. The van der Waals surface area contributed by atoms with Gasteiger partial charge in [-0.1, -0.05) is 59.8 Å². The average Bonchev–Trinajstić information content (AvgIpc) is 2.65. The van der Waals surface area contributed by atoms with Gasteiger partial charge in [0.25, 0.3) is 0 Å². The first-order chi connectivity index (χ1) is 14.5. The normalized spacial score (nSPS) is 35.9. The summed E-state index contributed by atoms with van der Waals surface area (Å²) in [6.45, 7) is 11.8. The highest BCUT2D eigenvalue weighted by atomic mass is 16.5. The van der Waals surface area contributed by atoms with Crippen LogP contribution >= 0.6 is 0 Å². The minimum atomic E-state index is -0.737. The molecular formula is C27H40O4. The SMILES string of the molecule is CC1C=C2C=CC(C)C(CCC3CC(=O)CC(C)C3)C2C(OC(=O)C(=O)C(C)(C)C)C1. The molecular weight excluding hydrogens is 388 g/mol. The third-order valence-corrected chi connectivity index (χ3v) is 7.46. The van der Waals surface area contributed by atoms with Gasteiger partial charge in [0.1, 0.15) is 11.9 Å². The van der Waals surface area contributed by atoms with Gasteiger partial charge in [0.2, 0.25) is 5.78 Å². The molecule has 0 amide bonds. The Morgan fingerprint density at radius 2 is 1.77 bits per heavy atom. The number of esters is 1. The largest absolute Gasteiger partial charge is 0.456 e. The van der Waals surface area contributed by atoms with Crippen LogP contribution in [0.3, 0.4) is 0 Å². The monoisotopic (exact) mass is 428 g/mol. The summed E-state index contributed by atoms with van der Waals surface area (Å²) in [4.78, 5) is 37.2. The van der Waals surface area contributed by atoms with Crippen LogP contribution in [0.1, 0.15) is 80.1 Å². The Labute approximate surface area is 187 Å². The van der Waals surface area contributed by atoms with Gasteiger partial charge >= 0.3 is 5.97 Å². The lowest BCUT2D eigenvalue weighted by atomic mass is 9.64. The second kappa shape index (κ2) is 9.42. The lowest BCUT2D eigenvalue weighted by Gasteiger charge is -2.43. The number of Topliss-reactive ketones (excluding diaryl/α,β-unsaturated/α-hetero) is 2. The van der Waals surface area contributed by atoms with Crippen molar-refractivity contribution in [2.75, 3.05) is 0 Å². The van der Waals surface area contributed by atoms with Gasteiger partial charge in [0.15, 0.2) is 0 Å². The zero-order valence-corrected chi connectivity index (χ0v) is 20.1. The summed E-state index contributed by atoms with van der Waals surface area (Å²) < 4.78 is 5.91. The quantitative estimate of drug-likeness (QED) is 0.416. The van der Waals surface area contributed by atoms with E-state index in [2.05, 4.69) is 39.0 Å². The predicted molar refractivity (Wildman–Crippen MR) is 122 cm³/mol. The van der Waals surface area contributed by atoms with Crippen molar-refractivity contribution >= 4 is 17.5 Å². The third kappa shape index (κ3) is 5.75. The van der Waals surface area contributed by atoms with Crippen molar-refractivity contribution in [3.8, 4) is 0 Å². The number of ketones is 2. The molecule has 3 aliphatic carbocycles. The molecule has 31 heavy (non-hydrogen) atoms. The molecule has 0 aromatic carbocycles. The number of hydrogen-bond donors (Lipinski definition) is 0. The smallest absolute Gasteiger partial charge is 0.375 e. The fourth-order valence-corrected chi connectivity index (χ4v) is 5.90. The highest BCUT2D eigenvalue weighted by Gasteiger charge is 2.43. The van der Waals surface area contributed by atoms with Crippen molar-refractivity contribution in [3.63, 3.8) is 0 Å². The van der Waals surface area contributed by atoms with Crippen LogP contribution in [0.15, 0.2) is 23.8 Å². The van der Waals surface area contributed by atoms with Crippen molar-refractivity contribution < 1.29 is 19.1 Å². The highest BCUT2D eigenvalue weighted by molar-refractivity contribution is 6.35. The second-order valence-corrected chi connectivity index (χ2v) is 11.5. The Hall–Kier alpha value is -1.71. The number of ether oxygens (including phenoxy) is 1. The fraction of sp³-hybridized carbons (Fsp3) is 0.741. The van der Waals surface area contributed by atoms with Gasteiger partial charge in [0, 0.05) is 24.2 Å². The Kier molecular flexibility index (Phi) is 7.28. The van der Waals surface area contributed by atoms with E-state index in [0.717, 1.165) is 32.1 Å². The van der Waals surface area contributed by atoms with Gasteiger partial charge in [-0.05, 0) is 60.8 Å². The van der Waals surface area contributed by atoms with Crippen molar-refractivity contribution in [1.82, 2.24) is 0 Å². The van der Waals surface area contributed by atoms with Crippen molar-refractivity contribution in [2.24, 2.45) is 40.9 Å². The summed E-state index contributed by atoms with van der Waals surface area (Å²) in [7, 11) is 0. The first-order valence-electron chi connectivity index (χ1n) is 12.1. The van der Waals surface area contributed by atoms with Crippen LogP contribution in [-0.2, 0) is 19.1 Å². The average molecular weight is 429 g/mol. The van der Waals surface area contributed by atoms with E-state index in [9.17, 15) is 14.4 Å². The first kappa shape index (κ1) is 23.9. The maximum absolute atomic E-state index is 12.7. The van der Waals surface area contributed by atoms with Crippen molar-refractivity contribution in [2.45, 2.75) is 86.2 Å². The molecule has 0 bridgehead atoms. The van der Waals surface area contributed by atoms with Crippen LogP contribution in [0.25, 0.3) is 0 Å². The predicted octanol–water partition coefficient (Wildman–Crippen LogP) is 5.70. The van der Waals surface area contributed by atoms with E-state index in [1.54, 1.807) is 20.8 Å². The lowest BCUT2D eigenvalue weighted by molar-refractivity contribution is -0.164. The fourth-order valence-electron chi connectivity index (χ4n) is 5.90. The molecule has 0 saturated heterocycles. The molecule has 3 rings (SSSR count). The summed E-state index contributed by atoms with van der Waals surface area (Å²) in [6, 6.07) is 0. The summed E-state index contributed by atoms with van der Waals surface area (Å²) in [5.74, 6) is 1.38. The van der Waals surface area contributed by atoms with Crippen LogP contribution in [0, 0.1) is 40.9 Å². The minimum absolute atomic E-state index is 0.129. The Bertz CT molecular complexity index is 769. The van der Waals surface area contributed by atoms with E-state index in [-0.39, 0.29) is 12.0 Å². The molecule has 0 spiro atoms. The number of allylic oxidation sites excluding steroid dienone is 3. The lowest BCUT2D eigenvalue weighted by Crippen LogP contribution is -2.43. The van der Waals surface area contributed by atoms with Gasteiger partial charge in [-0.3, -0.25) is 9.59 Å². The van der Waals surface area contributed by atoms with E-state index in [0.29, 0.717) is 41.8 Å². The van der Waals surface area contributed by atoms with Gasteiger partial charge < -0.3 is 4.74 Å². The molecule has 4 heteroatoms. The molecule has 7 atom stereocenters. The topological polar surface area (TPSA) is 60.4 Å². The van der Waals surface area contributed by atoms with Crippen LogP contribution in [-0.4, -0.2) is 23.6 Å². The standard InChI is InChI=1S/C27H40O4/c1-16-11-19(15-21(28)13-16)8-10-22-18(3)7-9-20-12-17(2)14-23(24(20)22)31-26(30)25(29)27(4,5)6/h7,9,12,16-19,22-24H,8,10-11,13-15H2,1-6H3. The van der Waals surface area contributed by atoms with Gasteiger partial charge in [-0.25, -0.2) is 4.79 Å². The summed E-state index contributed by atoms with van der Waals surface area (Å²) in [5.41, 5.74) is 0.510. The van der Waals surface area contributed by atoms with E-state index in [1.807, 2.05) is 0 Å². The molecule has 1 fully saturated rings. The molecule has 7 unspecified atom stereocenters. The van der Waals surface area contributed by atoms with E-state index >= 15 is 0 Å². The van der Waals surface area contributed by atoms with Crippen molar-refractivity contribution in [1.29, 1.82) is 0 Å². The zero-order valence-electron chi connectivity index (χ0n) is 20.1. The number of hydrogen-bond acceptors (Lipinski definition) is 4. The number of rotatable bonds is 5. The van der Waals surface area contributed by atoms with Gasteiger partial charge in [-0.15, -0.1) is 0 Å². The van der Waals surface area contributed by atoms with Crippen LogP contribution in [0.5, 0.6) is 0 Å². The molecule has 0 aliphatic heterocycles. The second-order valence-electron chi connectivity index (χ2n) is 11.5. The van der Waals surface area contributed by atoms with Gasteiger partial charge in [0.05, 0.1) is 0 Å². The van der Waals surface area contributed by atoms with Gasteiger partial charge in [-0.2, -0.15) is 0 Å². The molecule has 0 heterocycles. The molecule has 0 radical (unpaired) electrons. The minimum Gasteiger partial charge on any atom is -0.456 e. The Morgan fingerprint density at radius 3 is 2.42 bits per heavy atom. The van der Waals surface area contributed by atoms with E-state index in [1.165, 1.54) is 5.57 Å². The molecule has 0 N–H and O–H groups in total. The summed E-state index contributed by atoms with van der Waals surface area (Å²) in [5, 5.41) is 0. The molecule has 3 aliphatic rings. The summed E-state index contributed by atoms with van der Waals surface area (Å²) >= 11 is 0. The Balaban J connectivity index is 1.76. The number of carbonyl (C=O) groups is 3. The maximum Gasteiger partial charge on any atom is 0.375 e. The van der Waals surface area contributed by atoms with E-state index < -0.39 is 17.2 Å². The molecule has 172 valence electrons. The van der Waals surface area contributed by atoms with Crippen LogP contribution in [0.2, 0.25) is 0 Å². The molecule has 0 aromatic heterocycles. The maximum atomic E-state index is 12.7. The van der Waals surface area contributed by atoms with Crippen LogP contribution < -0.4 is 0 Å². The molecule has 4 nitrogen and oxygen atoms in total. The molecule has 1 saturated carbocycles.